The number of benzene rings is 1. The van der Waals surface area contributed by atoms with E-state index >= 15 is 0 Å². The molecule has 0 heterocycles. The molecule has 1 aromatic carbocycles. The van der Waals surface area contributed by atoms with Crippen LogP contribution in [0.5, 0.6) is 0 Å². The van der Waals surface area contributed by atoms with Crippen molar-refractivity contribution in [3.05, 3.63) is 39.4 Å². The van der Waals surface area contributed by atoms with E-state index in [4.69, 9.17) is 5.11 Å². The van der Waals surface area contributed by atoms with Gasteiger partial charge in [0.2, 0.25) is 0 Å². The predicted octanol–water partition coefficient (Wildman–Crippen LogP) is 1.57. The number of carboxylic acids is 1. The summed E-state index contributed by atoms with van der Waals surface area (Å²) in [6.07, 6.45) is 0. The average molecular weight is 203 g/mol. The molecular formula is C7H3F2NO4. The van der Waals surface area contributed by atoms with Crippen molar-refractivity contribution in [1.29, 1.82) is 0 Å². The first kappa shape index (κ1) is 10.0. The van der Waals surface area contributed by atoms with E-state index in [1.54, 1.807) is 0 Å². The van der Waals surface area contributed by atoms with Gasteiger partial charge in [0, 0.05) is 6.07 Å². The van der Waals surface area contributed by atoms with E-state index in [0.717, 1.165) is 0 Å². The number of nitrogens with zero attached hydrogens (tertiary/aromatic N) is 1. The first-order valence-electron chi connectivity index (χ1n) is 3.30. The largest absolute Gasteiger partial charge is 0.478 e. The Morgan fingerprint density at radius 2 is 2.00 bits per heavy atom. The molecule has 0 radical (unpaired) electrons. The zero-order valence-corrected chi connectivity index (χ0v) is 6.53. The Morgan fingerprint density at radius 3 is 2.43 bits per heavy atom. The normalized spacial score (nSPS) is 9.86. The van der Waals surface area contributed by atoms with Crippen LogP contribution in [-0.4, -0.2) is 16.0 Å². The lowest BCUT2D eigenvalue weighted by Crippen LogP contribution is -2.04. The Labute approximate surface area is 75.7 Å². The monoisotopic (exact) mass is 203 g/mol. The Balaban J connectivity index is 3.43. The molecule has 0 saturated heterocycles. The molecule has 0 amide bonds. The number of hydrogen-bond donors (Lipinski definition) is 1. The fraction of sp³-hybridized carbons (Fsp3) is 0. The number of aromatic carboxylic acids is 1. The molecule has 0 aliphatic rings. The molecule has 5 nitrogen and oxygen atoms in total. The molecule has 0 fully saturated rings. The van der Waals surface area contributed by atoms with Crippen molar-refractivity contribution >= 4 is 11.7 Å². The van der Waals surface area contributed by atoms with Crippen LogP contribution in [-0.2, 0) is 0 Å². The number of non-ortho nitro benzene ring substituents is 1. The molecule has 1 rings (SSSR count). The van der Waals surface area contributed by atoms with Gasteiger partial charge in [-0.2, -0.15) is 0 Å². The quantitative estimate of drug-likeness (QED) is 0.584. The molecule has 14 heavy (non-hydrogen) atoms. The second-order valence-corrected chi connectivity index (χ2v) is 2.35. The number of rotatable bonds is 2. The van der Waals surface area contributed by atoms with E-state index in [1.807, 2.05) is 0 Å². The third-order valence-corrected chi connectivity index (χ3v) is 1.45. The van der Waals surface area contributed by atoms with Gasteiger partial charge in [-0.25, -0.2) is 13.6 Å². The fourth-order valence-corrected chi connectivity index (χ4v) is 0.836. The van der Waals surface area contributed by atoms with Crippen molar-refractivity contribution in [3.63, 3.8) is 0 Å². The molecule has 1 N–H and O–H groups in total. The van der Waals surface area contributed by atoms with Gasteiger partial charge in [-0.1, -0.05) is 0 Å². The van der Waals surface area contributed by atoms with Gasteiger partial charge in [0.15, 0.2) is 11.6 Å². The lowest BCUT2D eigenvalue weighted by Gasteiger charge is -1.98. The summed E-state index contributed by atoms with van der Waals surface area (Å²) in [6, 6.07) is 0.780. The summed E-state index contributed by atoms with van der Waals surface area (Å²) in [4.78, 5) is 19.5. The number of nitro groups is 1. The number of carbonyl (C=O) groups is 1. The lowest BCUT2D eigenvalue weighted by molar-refractivity contribution is -0.385. The maximum Gasteiger partial charge on any atom is 0.339 e. The van der Waals surface area contributed by atoms with E-state index in [-0.39, 0.29) is 0 Å². The average Bonchev–Trinajstić information content (AvgIpc) is 2.08. The summed E-state index contributed by atoms with van der Waals surface area (Å²) in [5.41, 5.74) is -1.86. The summed E-state index contributed by atoms with van der Waals surface area (Å²) in [5, 5.41) is 18.5. The highest BCUT2D eigenvalue weighted by molar-refractivity contribution is 5.88. The smallest absolute Gasteiger partial charge is 0.339 e. The SMILES string of the molecule is O=C(O)c1cc([N+](=O)[O-])cc(F)c1F. The highest BCUT2D eigenvalue weighted by atomic mass is 19.2. The van der Waals surface area contributed by atoms with Gasteiger partial charge in [0.25, 0.3) is 5.69 Å². The maximum absolute atomic E-state index is 12.7. The maximum atomic E-state index is 12.7. The molecule has 0 aliphatic heterocycles. The van der Waals surface area contributed by atoms with E-state index in [1.165, 1.54) is 0 Å². The van der Waals surface area contributed by atoms with Crippen molar-refractivity contribution < 1.29 is 23.6 Å². The molecule has 74 valence electrons. The third kappa shape index (κ3) is 1.65. The van der Waals surface area contributed by atoms with Crippen LogP contribution in [0.3, 0.4) is 0 Å². The van der Waals surface area contributed by atoms with Gasteiger partial charge in [-0.3, -0.25) is 10.1 Å². The molecule has 0 bridgehead atoms. The molecule has 0 aliphatic carbocycles. The first-order valence-corrected chi connectivity index (χ1v) is 3.30. The van der Waals surface area contributed by atoms with Crippen molar-refractivity contribution in [2.24, 2.45) is 0 Å². The Morgan fingerprint density at radius 1 is 1.43 bits per heavy atom. The molecule has 1 aromatic rings. The van der Waals surface area contributed by atoms with Crippen LogP contribution < -0.4 is 0 Å². The Hall–Kier alpha value is -2.05. The van der Waals surface area contributed by atoms with Gasteiger partial charge in [-0.05, 0) is 0 Å². The van der Waals surface area contributed by atoms with Gasteiger partial charge in [0.1, 0.15) is 5.56 Å². The highest BCUT2D eigenvalue weighted by Gasteiger charge is 2.20. The number of hydrogen-bond acceptors (Lipinski definition) is 3. The number of nitro benzene ring substituents is 1. The second-order valence-electron chi connectivity index (χ2n) is 2.35. The van der Waals surface area contributed by atoms with Crippen LogP contribution in [0.15, 0.2) is 12.1 Å². The third-order valence-electron chi connectivity index (χ3n) is 1.45. The molecule has 0 spiro atoms. The van der Waals surface area contributed by atoms with Crippen LogP contribution in [0.2, 0.25) is 0 Å². The predicted molar refractivity (Wildman–Crippen MR) is 40.0 cm³/mol. The topological polar surface area (TPSA) is 80.4 Å². The van der Waals surface area contributed by atoms with Crippen LogP contribution in [0.4, 0.5) is 14.5 Å². The summed E-state index contributed by atoms with van der Waals surface area (Å²) in [5.74, 6) is -4.93. The van der Waals surface area contributed by atoms with Crippen LogP contribution in [0.25, 0.3) is 0 Å². The summed E-state index contributed by atoms with van der Waals surface area (Å²) >= 11 is 0. The van der Waals surface area contributed by atoms with Crippen molar-refractivity contribution in [2.45, 2.75) is 0 Å². The van der Waals surface area contributed by atoms with E-state index in [2.05, 4.69) is 0 Å². The molecule has 0 unspecified atom stereocenters. The van der Waals surface area contributed by atoms with Gasteiger partial charge < -0.3 is 5.11 Å². The van der Waals surface area contributed by atoms with E-state index in [9.17, 15) is 23.7 Å². The van der Waals surface area contributed by atoms with Gasteiger partial charge in [0.05, 0.1) is 11.0 Å². The highest BCUT2D eigenvalue weighted by Crippen LogP contribution is 2.20. The second kappa shape index (κ2) is 3.36. The van der Waals surface area contributed by atoms with E-state index < -0.39 is 33.8 Å². The van der Waals surface area contributed by atoms with Crippen molar-refractivity contribution in [1.82, 2.24) is 0 Å². The molecule has 0 atom stereocenters. The zero-order valence-electron chi connectivity index (χ0n) is 6.53. The van der Waals surface area contributed by atoms with Gasteiger partial charge in [-0.15, -0.1) is 0 Å². The summed E-state index contributed by atoms with van der Waals surface area (Å²) < 4.78 is 25.3. The van der Waals surface area contributed by atoms with Crippen molar-refractivity contribution in [2.75, 3.05) is 0 Å². The fourth-order valence-electron chi connectivity index (χ4n) is 0.836. The molecule has 0 aromatic heterocycles. The standard InChI is InChI=1S/C7H3F2NO4/c8-5-2-3(10(13)14)1-4(6(5)9)7(11)12/h1-2H,(H,11,12). The minimum atomic E-state index is -1.76. The van der Waals surface area contributed by atoms with Crippen LogP contribution >= 0.6 is 0 Å². The minimum absolute atomic E-state index is 0.321. The van der Waals surface area contributed by atoms with E-state index in [0.29, 0.717) is 12.1 Å². The molecular weight excluding hydrogens is 200 g/mol. The molecule has 7 heteroatoms. The van der Waals surface area contributed by atoms with Crippen LogP contribution in [0, 0.1) is 21.7 Å². The first-order chi connectivity index (χ1) is 6.43. The Kier molecular flexibility index (Phi) is 2.41. The zero-order chi connectivity index (χ0) is 10.9. The minimum Gasteiger partial charge on any atom is -0.478 e. The van der Waals surface area contributed by atoms with Crippen LogP contribution in [0.1, 0.15) is 10.4 Å². The molecule has 0 saturated carbocycles. The summed E-state index contributed by atoms with van der Waals surface area (Å²) in [6.45, 7) is 0. The number of halogens is 2. The van der Waals surface area contributed by atoms with Gasteiger partial charge >= 0.3 is 5.97 Å². The Bertz CT molecular complexity index is 418. The number of carboxylic acid groups (broad SMARTS) is 1. The summed E-state index contributed by atoms with van der Waals surface area (Å²) in [7, 11) is 0. The van der Waals surface area contributed by atoms with Crippen molar-refractivity contribution in [3.8, 4) is 0 Å². The lowest BCUT2D eigenvalue weighted by atomic mass is 10.2.